The molecule has 2 heterocycles. The smallest absolute Gasteiger partial charge is 0.135 e. The van der Waals surface area contributed by atoms with E-state index in [1.807, 2.05) is 18.2 Å². The number of ether oxygens (including phenoxy) is 1. The minimum atomic E-state index is 0.0251. The fourth-order valence-electron chi connectivity index (χ4n) is 2.15. The fraction of sp³-hybridized carbons (Fsp3) is 0.231. The number of fused-ring (bicyclic) bond motifs is 1. The fourth-order valence-corrected chi connectivity index (χ4v) is 4.01. The zero-order valence-electron chi connectivity index (χ0n) is 9.40. The van der Waals surface area contributed by atoms with Crippen molar-refractivity contribution < 1.29 is 4.74 Å². The Kier molecular flexibility index (Phi) is 3.49. The lowest BCUT2D eigenvalue weighted by Crippen LogP contribution is -2.23. The van der Waals surface area contributed by atoms with Crippen LogP contribution in [0.5, 0.6) is 5.75 Å². The van der Waals surface area contributed by atoms with Crippen molar-refractivity contribution in [3.05, 3.63) is 49.0 Å². The molecule has 2 atom stereocenters. The summed E-state index contributed by atoms with van der Waals surface area (Å²) in [5.41, 5.74) is 7.32. The lowest BCUT2D eigenvalue weighted by molar-refractivity contribution is 0.165. The number of benzene rings is 1. The summed E-state index contributed by atoms with van der Waals surface area (Å²) in [5, 5.41) is 2.07. The van der Waals surface area contributed by atoms with Gasteiger partial charge in [0.2, 0.25) is 0 Å². The zero-order chi connectivity index (χ0) is 12.7. The monoisotopic (exact) mass is 387 g/mol. The first kappa shape index (κ1) is 12.7. The highest BCUT2D eigenvalue weighted by molar-refractivity contribution is 9.10. The SMILES string of the molecule is N[C@H]1CC(c2cc(Br)cs2)Oc2ccc(Br)cc21. The van der Waals surface area contributed by atoms with Gasteiger partial charge >= 0.3 is 0 Å². The van der Waals surface area contributed by atoms with Gasteiger partial charge in [-0.25, -0.2) is 0 Å². The van der Waals surface area contributed by atoms with Crippen LogP contribution in [0.1, 0.15) is 29.0 Å². The number of thiophene rings is 1. The molecule has 0 spiro atoms. The molecule has 0 aliphatic carbocycles. The van der Waals surface area contributed by atoms with Gasteiger partial charge in [-0.2, -0.15) is 0 Å². The van der Waals surface area contributed by atoms with Gasteiger partial charge in [0, 0.05) is 37.2 Å². The average Bonchev–Trinajstić information content (AvgIpc) is 2.77. The molecular weight excluding hydrogens is 378 g/mol. The first-order valence-electron chi connectivity index (χ1n) is 5.59. The lowest BCUT2D eigenvalue weighted by Gasteiger charge is -2.29. The molecule has 2 N–H and O–H groups in total. The highest BCUT2D eigenvalue weighted by atomic mass is 79.9. The zero-order valence-corrected chi connectivity index (χ0v) is 13.4. The van der Waals surface area contributed by atoms with E-state index in [1.54, 1.807) is 11.3 Å². The van der Waals surface area contributed by atoms with Crippen LogP contribution in [0.3, 0.4) is 0 Å². The molecule has 1 aromatic heterocycles. The van der Waals surface area contributed by atoms with Crippen molar-refractivity contribution in [3.8, 4) is 5.75 Å². The van der Waals surface area contributed by atoms with E-state index >= 15 is 0 Å². The van der Waals surface area contributed by atoms with E-state index in [0.29, 0.717) is 0 Å². The molecule has 0 saturated carbocycles. The van der Waals surface area contributed by atoms with Gasteiger partial charge in [0.15, 0.2) is 0 Å². The lowest BCUT2D eigenvalue weighted by atomic mass is 9.97. The first-order chi connectivity index (χ1) is 8.63. The highest BCUT2D eigenvalue weighted by Crippen LogP contribution is 2.42. The van der Waals surface area contributed by atoms with Gasteiger partial charge in [-0.1, -0.05) is 15.9 Å². The molecule has 1 aromatic carbocycles. The van der Waals surface area contributed by atoms with Crippen LogP contribution in [0.2, 0.25) is 0 Å². The van der Waals surface area contributed by atoms with Crippen LogP contribution in [0.4, 0.5) is 0 Å². The Bertz CT molecular complexity index is 584. The van der Waals surface area contributed by atoms with Crippen LogP contribution in [-0.2, 0) is 0 Å². The Balaban J connectivity index is 1.94. The maximum atomic E-state index is 6.24. The van der Waals surface area contributed by atoms with E-state index in [-0.39, 0.29) is 12.1 Å². The van der Waals surface area contributed by atoms with Crippen LogP contribution in [0, 0.1) is 0 Å². The summed E-state index contributed by atoms with van der Waals surface area (Å²) in [5.74, 6) is 0.895. The predicted molar refractivity (Wildman–Crippen MR) is 81.1 cm³/mol. The minimum Gasteiger partial charge on any atom is -0.484 e. The number of hydrogen-bond acceptors (Lipinski definition) is 3. The second-order valence-electron chi connectivity index (χ2n) is 4.30. The van der Waals surface area contributed by atoms with E-state index in [4.69, 9.17) is 10.5 Å². The highest BCUT2D eigenvalue weighted by Gasteiger charge is 2.28. The maximum Gasteiger partial charge on any atom is 0.135 e. The Morgan fingerprint density at radius 1 is 1.22 bits per heavy atom. The summed E-state index contributed by atoms with van der Waals surface area (Å²) >= 11 is 8.64. The minimum absolute atomic E-state index is 0.0251. The predicted octanol–water partition coefficient (Wildman–Crippen LogP) is 4.80. The van der Waals surface area contributed by atoms with Gasteiger partial charge in [0.25, 0.3) is 0 Å². The summed E-state index contributed by atoms with van der Waals surface area (Å²) < 4.78 is 8.18. The normalized spacial score (nSPS) is 22.4. The van der Waals surface area contributed by atoms with Crippen molar-refractivity contribution in [2.45, 2.75) is 18.6 Å². The van der Waals surface area contributed by atoms with Gasteiger partial charge < -0.3 is 10.5 Å². The van der Waals surface area contributed by atoms with E-state index in [1.165, 1.54) is 4.88 Å². The summed E-state index contributed by atoms with van der Waals surface area (Å²) in [4.78, 5) is 1.21. The molecule has 0 bridgehead atoms. The van der Waals surface area contributed by atoms with Crippen LogP contribution in [0.25, 0.3) is 0 Å². The third-order valence-corrected chi connectivity index (χ3v) is 5.29. The molecule has 2 aromatic rings. The van der Waals surface area contributed by atoms with Crippen LogP contribution in [0.15, 0.2) is 38.6 Å². The first-order valence-corrected chi connectivity index (χ1v) is 8.05. The third-order valence-electron chi connectivity index (χ3n) is 3.01. The van der Waals surface area contributed by atoms with Gasteiger partial charge in [-0.05, 0) is 40.2 Å². The topological polar surface area (TPSA) is 35.2 Å². The summed E-state index contributed by atoms with van der Waals surface area (Å²) in [6, 6.07) is 8.14. The number of hydrogen-bond donors (Lipinski definition) is 1. The van der Waals surface area contributed by atoms with Crippen molar-refractivity contribution in [1.82, 2.24) is 0 Å². The molecule has 0 fully saturated rings. The molecule has 94 valence electrons. The summed E-state index contributed by atoms with van der Waals surface area (Å²) in [6.07, 6.45) is 0.876. The number of nitrogens with two attached hydrogens (primary N) is 1. The number of rotatable bonds is 1. The van der Waals surface area contributed by atoms with Crippen molar-refractivity contribution in [2.24, 2.45) is 5.73 Å². The van der Waals surface area contributed by atoms with Gasteiger partial charge in [-0.3, -0.25) is 0 Å². The van der Waals surface area contributed by atoms with E-state index < -0.39 is 0 Å². The van der Waals surface area contributed by atoms with Crippen molar-refractivity contribution >= 4 is 43.2 Å². The van der Waals surface area contributed by atoms with E-state index in [0.717, 1.165) is 26.7 Å². The average molecular weight is 389 g/mol. The molecule has 1 unspecified atom stereocenters. The van der Waals surface area contributed by atoms with E-state index in [9.17, 15) is 0 Å². The van der Waals surface area contributed by atoms with Gasteiger partial charge in [-0.15, -0.1) is 11.3 Å². The van der Waals surface area contributed by atoms with Crippen LogP contribution >= 0.6 is 43.2 Å². The van der Waals surface area contributed by atoms with Crippen LogP contribution < -0.4 is 10.5 Å². The third kappa shape index (κ3) is 2.37. The number of halogens is 2. The summed E-state index contributed by atoms with van der Waals surface area (Å²) in [7, 11) is 0. The molecule has 0 radical (unpaired) electrons. The second-order valence-corrected chi connectivity index (χ2v) is 7.07. The van der Waals surface area contributed by atoms with E-state index in [2.05, 4.69) is 43.3 Å². The second kappa shape index (κ2) is 4.96. The van der Waals surface area contributed by atoms with Crippen molar-refractivity contribution in [3.63, 3.8) is 0 Å². The molecule has 1 aliphatic heterocycles. The Morgan fingerprint density at radius 2 is 2.06 bits per heavy atom. The molecule has 1 aliphatic rings. The standard InChI is InChI=1S/C13H11Br2NOS/c14-7-1-2-11-9(3-7)10(16)5-12(17-11)13-4-8(15)6-18-13/h1-4,6,10,12H,5,16H2/t10-,12?/m0/s1. The Morgan fingerprint density at radius 3 is 2.78 bits per heavy atom. The van der Waals surface area contributed by atoms with Crippen molar-refractivity contribution in [2.75, 3.05) is 0 Å². The summed E-state index contributed by atoms with van der Waals surface area (Å²) in [6.45, 7) is 0. The van der Waals surface area contributed by atoms with Crippen molar-refractivity contribution in [1.29, 1.82) is 0 Å². The molecule has 5 heteroatoms. The largest absolute Gasteiger partial charge is 0.484 e. The Labute approximate surface area is 126 Å². The molecular formula is C13H11Br2NOS. The molecule has 3 rings (SSSR count). The molecule has 0 saturated heterocycles. The van der Waals surface area contributed by atoms with Gasteiger partial charge in [0.05, 0.1) is 0 Å². The Hall–Kier alpha value is -0.360. The maximum absolute atomic E-state index is 6.24. The van der Waals surface area contributed by atoms with Crippen LogP contribution in [-0.4, -0.2) is 0 Å². The molecule has 0 amide bonds. The van der Waals surface area contributed by atoms with Gasteiger partial charge in [0.1, 0.15) is 11.9 Å². The quantitative estimate of drug-likeness (QED) is 0.761. The molecule has 2 nitrogen and oxygen atoms in total. The molecule has 18 heavy (non-hydrogen) atoms.